The average molecular weight is 355 g/mol. The summed E-state index contributed by atoms with van der Waals surface area (Å²) < 4.78 is 10.1. The van der Waals surface area contributed by atoms with Gasteiger partial charge in [0.2, 0.25) is 0 Å². The number of rotatable bonds is 15. The van der Waals surface area contributed by atoms with Gasteiger partial charge >= 0.3 is 6.16 Å². The monoisotopic (exact) mass is 354 g/mol. The van der Waals surface area contributed by atoms with E-state index in [1.807, 2.05) is 20.8 Å². The molecule has 0 aliphatic heterocycles. The van der Waals surface area contributed by atoms with Crippen LogP contribution in [-0.4, -0.2) is 19.4 Å². The van der Waals surface area contributed by atoms with Gasteiger partial charge in [0.05, 0.1) is 13.2 Å². The molecule has 0 aromatic carbocycles. The van der Waals surface area contributed by atoms with Crippen LogP contribution in [0.4, 0.5) is 4.79 Å². The van der Waals surface area contributed by atoms with E-state index in [0.29, 0.717) is 13.2 Å². The molecule has 0 aromatic rings. The molecule has 0 bridgehead atoms. The highest BCUT2D eigenvalue weighted by Crippen LogP contribution is 2.13. The standard InChI is InChI=1S/C22H42O3/c1-5-6-7-8-9-10-11-12-13-14-15-16-17-18-19-24-21(23)25-20-22(2,3)4/h10-11H,5-9,12-20H2,1-4H3/b11-10+. The normalized spacial score (nSPS) is 11.8. The van der Waals surface area contributed by atoms with Gasteiger partial charge in [-0.15, -0.1) is 0 Å². The number of hydrogen-bond acceptors (Lipinski definition) is 3. The maximum absolute atomic E-state index is 11.4. The molecule has 3 heteroatoms. The summed E-state index contributed by atoms with van der Waals surface area (Å²) in [4.78, 5) is 11.4. The second kappa shape index (κ2) is 16.5. The summed E-state index contributed by atoms with van der Waals surface area (Å²) in [6, 6.07) is 0. The third-order valence-corrected chi connectivity index (χ3v) is 4.00. The summed E-state index contributed by atoms with van der Waals surface area (Å²) in [5, 5.41) is 0. The minimum Gasteiger partial charge on any atom is -0.434 e. The zero-order valence-corrected chi connectivity index (χ0v) is 17.3. The lowest BCUT2D eigenvalue weighted by atomic mass is 9.99. The second-order valence-corrected chi connectivity index (χ2v) is 8.18. The molecule has 0 aliphatic rings. The van der Waals surface area contributed by atoms with Crippen molar-refractivity contribution in [3.63, 3.8) is 0 Å². The molecule has 0 amide bonds. The van der Waals surface area contributed by atoms with Crippen LogP contribution in [0.25, 0.3) is 0 Å². The van der Waals surface area contributed by atoms with Crippen LogP contribution in [0.1, 0.15) is 105 Å². The first-order valence-corrected chi connectivity index (χ1v) is 10.4. The van der Waals surface area contributed by atoms with E-state index in [9.17, 15) is 4.79 Å². The first-order chi connectivity index (χ1) is 12.0. The molecule has 0 spiro atoms. The molecule has 0 aromatic heterocycles. The third kappa shape index (κ3) is 21.0. The van der Waals surface area contributed by atoms with Crippen LogP contribution in [0, 0.1) is 5.41 Å². The molecule has 3 nitrogen and oxygen atoms in total. The molecule has 0 saturated carbocycles. The number of carbonyl (C=O) groups is 1. The van der Waals surface area contributed by atoms with Crippen molar-refractivity contribution in [1.82, 2.24) is 0 Å². The molecule has 0 N–H and O–H groups in total. The van der Waals surface area contributed by atoms with Crippen molar-refractivity contribution in [2.45, 2.75) is 105 Å². The van der Waals surface area contributed by atoms with E-state index >= 15 is 0 Å². The van der Waals surface area contributed by atoms with Gasteiger partial charge < -0.3 is 9.47 Å². The Kier molecular flexibility index (Phi) is 15.8. The Morgan fingerprint density at radius 1 is 0.760 bits per heavy atom. The fraction of sp³-hybridized carbons (Fsp3) is 0.864. The van der Waals surface area contributed by atoms with Gasteiger partial charge in [0.1, 0.15) is 0 Å². The van der Waals surface area contributed by atoms with Crippen molar-refractivity contribution in [2.75, 3.05) is 13.2 Å². The van der Waals surface area contributed by atoms with E-state index in [1.165, 1.54) is 64.2 Å². The van der Waals surface area contributed by atoms with Gasteiger partial charge in [-0.2, -0.15) is 0 Å². The van der Waals surface area contributed by atoms with Crippen LogP contribution in [0.3, 0.4) is 0 Å². The van der Waals surface area contributed by atoms with Crippen molar-refractivity contribution < 1.29 is 14.3 Å². The summed E-state index contributed by atoms with van der Waals surface area (Å²) in [7, 11) is 0. The number of carbonyl (C=O) groups excluding carboxylic acids is 1. The van der Waals surface area contributed by atoms with Gasteiger partial charge in [0.25, 0.3) is 0 Å². The summed E-state index contributed by atoms with van der Waals surface area (Å²) in [5.41, 5.74) is -0.0107. The van der Waals surface area contributed by atoms with Gasteiger partial charge in [0, 0.05) is 0 Å². The molecule has 0 unspecified atom stereocenters. The molecule has 0 rings (SSSR count). The zero-order chi connectivity index (χ0) is 18.8. The Morgan fingerprint density at radius 3 is 1.84 bits per heavy atom. The Labute approximate surface area is 156 Å². The summed E-state index contributed by atoms with van der Waals surface area (Å²) >= 11 is 0. The highest BCUT2D eigenvalue weighted by atomic mass is 16.7. The first kappa shape index (κ1) is 24.0. The van der Waals surface area contributed by atoms with Crippen molar-refractivity contribution in [3.8, 4) is 0 Å². The lowest BCUT2D eigenvalue weighted by Crippen LogP contribution is -2.19. The molecular formula is C22H42O3. The summed E-state index contributed by atoms with van der Waals surface area (Å²) in [6.45, 7) is 9.23. The van der Waals surface area contributed by atoms with Crippen LogP contribution in [0.15, 0.2) is 12.2 Å². The fourth-order valence-corrected chi connectivity index (χ4v) is 2.47. The number of unbranched alkanes of at least 4 members (excludes halogenated alkanes) is 10. The SMILES string of the molecule is CCCCCC/C=C/CCCCCCCCOC(=O)OCC(C)(C)C. The number of hydrogen-bond donors (Lipinski definition) is 0. The Bertz CT molecular complexity index is 329. The van der Waals surface area contributed by atoms with E-state index in [0.717, 1.165) is 12.8 Å². The molecule has 0 radical (unpaired) electrons. The zero-order valence-electron chi connectivity index (χ0n) is 17.3. The van der Waals surface area contributed by atoms with Crippen LogP contribution in [0.2, 0.25) is 0 Å². The van der Waals surface area contributed by atoms with Crippen LogP contribution >= 0.6 is 0 Å². The van der Waals surface area contributed by atoms with Crippen molar-refractivity contribution in [3.05, 3.63) is 12.2 Å². The van der Waals surface area contributed by atoms with Gasteiger partial charge in [-0.1, -0.05) is 84.8 Å². The molecule has 148 valence electrons. The van der Waals surface area contributed by atoms with E-state index in [4.69, 9.17) is 9.47 Å². The van der Waals surface area contributed by atoms with Crippen molar-refractivity contribution in [2.24, 2.45) is 5.41 Å². The van der Waals surface area contributed by atoms with Crippen LogP contribution < -0.4 is 0 Å². The Balaban J connectivity index is 3.23. The molecule has 0 atom stereocenters. The second-order valence-electron chi connectivity index (χ2n) is 8.18. The highest BCUT2D eigenvalue weighted by molar-refractivity contribution is 5.59. The maximum Gasteiger partial charge on any atom is 0.508 e. The van der Waals surface area contributed by atoms with E-state index in [-0.39, 0.29) is 5.41 Å². The van der Waals surface area contributed by atoms with E-state index in [1.54, 1.807) is 0 Å². The third-order valence-electron chi connectivity index (χ3n) is 4.00. The van der Waals surface area contributed by atoms with Crippen molar-refractivity contribution >= 4 is 6.16 Å². The topological polar surface area (TPSA) is 35.5 Å². The minimum atomic E-state index is -0.531. The van der Waals surface area contributed by atoms with E-state index < -0.39 is 6.16 Å². The Morgan fingerprint density at radius 2 is 1.28 bits per heavy atom. The van der Waals surface area contributed by atoms with Gasteiger partial charge in [-0.3, -0.25) is 0 Å². The summed E-state index contributed by atoms with van der Waals surface area (Å²) in [5.74, 6) is 0. The predicted octanol–water partition coefficient (Wildman–Crippen LogP) is 7.44. The van der Waals surface area contributed by atoms with Crippen LogP contribution in [-0.2, 0) is 9.47 Å². The molecule has 25 heavy (non-hydrogen) atoms. The summed E-state index contributed by atoms with van der Waals surface area (Å²) in [6.07, 6.45) is 19.2. The van der Waals surface area contributed by atoms with Gasteiger partial charge in [-0.25, -0.2) is 4.79 Å². The molecule has 0 aliphatic carbocycles. The lowest BCUT2D eigenvalue weighted by Gasteiger charge is -2.17. The van der Waals surface area contributed by atoms with Gasteiger partial charge in [0.15, 0.2) is 0 Å². The largest absolute Gasteiger partial charge is 0.508 e. The smallest absolute Gasteiger partial charge is 0.434 e. The van der Waals surface area contributed by atoms with E-state index in [2.05, 4.69) is 19.1 Å². The van der Waals surface area contributed by atoms with Crippen molar-refractivity contribution in [1.29, 1.82) is 0 Å². The molecular weight excluding hydrogens is 312 g/mol. The number of ether oxygens (including phenoxy) is 2. The first-order valence-electron chi connectivity index (χ1n) is 10.4. The number of allylic oxidation sites excluding steroid dienone is 2. The lowest BCUT2D eigenvalue weighted by molar-refractivity contribution is 0.0323. The molecule has 0 fully saturated rings. The molecule has 0 heterocycles. The average Bonchev–Trinajstić information content (AvgIpc) is 2.56. The maximum atomic E-state index is 11.4. The predicted molar refractivity (Wildman–Crippen MR) is 107 cm³/mol. The van der Waals surface area contributed by atoms with Gasteiger partial charge in [-0.05, 0) is 37.5 Å². The van der Waals surface area contributed by atoms with Crippen LogP contribution in [0.5, 0.6) is 0 Å². The minimum absolute atomic E-state index is 0.0107. The highest BCUT2D eigenvalue weighted by Gasteiger charge is 2.14. The quantitative estimate of drug-likeness (QED) is 0.174. The fourth-order valence-electron chi connectivity index (χ4n) is 2.47. The molecule has 0 saturated heterocycles. The Hall–Kier alpha value is -0.990.